The lowest BCUT2D eigenvalue weighted by Gasteiger charge is -2.09. The molecule has 1 atom stereocenters. The lowest BCUT2D eigenvalue weighted by Crippen LogP contribution is -2.03. The lowest BCUT2D eigenvalue weighted by molar-refractivity contribution is 0.199. The SMILES string of the molecule is CC(O)c1ccc(NCCCc2ccccc2)cc1. The van der Waals surface area contributed by atoms with Crippen LogP contribution in [0.5, 0.6) is 0 Å². The van der Waals surface area contributed by atoms with Crippen molar-refractivity contribution in [2.24, 2.45) is 0 Å². The molecular formula is C17H21NO. The first-order valence-corrected chi connectivity index (χ1v) is 6.81. The highest BCUT2D eigenvalue weighted by Gasteiger charge is 1.99. The molecule has 2 N–H and O–H groups in total. The molecule has 100 valence electrons. The van der Waals surface area contributed by atoms with E-state index in [1.54, 1.807) is 6.92 Å². The van der Waals surface area contributed by atoms with Crippen LogP contribution < -0.4 is 5.32 Å². The van der Waals surface area contributed by atoms with Gasteiger partial charge in [-0.05, 0) is 43.0 Å². The Hall–Kier alpha value is -1.80. The third kappa shape index (κ3) is 4.42. The molecule has 0 amide bonds. The molecule has 0 aliphatic heterocycles. The lowest BCUT2D eigenvalue weighted by atomic mass is 10.1. The van der Waals surface area contributed by atoms with Crippen LogP contribution in [0.2, 0.25) is 0 Å². The van der Waals surface area contributed by atoms with Crippen LogP contribution >= 0.6 is 0 Å². The second kappa shape index (κ2) is 6.95. The van der Waals surface area contributed by atoms with Gasteiger partial charge in [-0.3, -0.25) is 0 Å². The van der Waals surface area contributed by atoms with E-state index in [1.165, 1.54) is 5.56 Å². The van der Waals surface area contributed by atoms with Crippen molar-refractivity contribution in [1.29, 1.82) is 0 Å². The first kappa shape index (κ1) is 13.6. The number of aliphatic hydroxyl groups excluding tert-OH is 1. The highest BCUT2D eigenvalue weighted by molar-refractivity contribution is 5.44. The van der Waals surface area contributed by atoms with E-state index in [2.05, 4.69) is 29.6 Å². The van der Waals surface area contributed by atoms with E-state index < -0.39 is 6.10 Å². The Balaban J connectivity index is 1.74. The Kier molecular flexibility index (Phi) is 4.99. The molecule has 0 radical (unpaired) electrons. The molecule has 1 unspecified atom stereocenters. The van der Waals surface area contributed by atoms with E-state index in [0.717, 1.165) is 30.6 Å². The Morgan fingerprint density at radius 3 is 2.32 bits per heavy atom. The summed E-state index contributed by atoms with van der Waals surface area (Å²) >= 11 is 0. The fourth-order valence-electron chi connectivity index (χ4n) is 2.05. The van der Waals surface area contributed by atoms with Gasteiger partial charge in [-0.1, -0.05) is 42.5 Å². The molecule has 0 fully saturated rings. The number of benzene rings is 2. The summed E-state index contributed by atoms with van der Waals surface area (Å²) in [6, 6.07) is 18.5. The summed E-state index contributed by atoms with van der Waals surface area (Å²) in [4.78, 5) is 0. The van der Waals surface area contributed by atoms with Crippen molar-refractivity contribution >= 4 is 5.69 Å². The average Bonchev–Trinajstić information content (AvgIpc) is 2.45. The van der Waals surface area contributed by atoms with E-state index in [9.17, 15) is 5.11 Å². The predicted octanol–water partition coefficient (Wildman–Crippen LogP) is 3.78. The molecule has 2 aromatic carbocycles. The summed E-state index contributed by atoms with van der Waals surface area (Å²) in [5.41, 5.74) is 3.45. The number of anilines is 1. The molecule has 2 rings (SSSR count). The number of hydrogen-bond acceptors (Lipinski definition) is 2. The number of rotatable bonds is 6. The van der Waals surface area contributed by atoms with Crippen molar-refractivity contribution < 1.29 is 5.11 Å². The van der Waals surface area contributed by atoms with E-state index in [1.807, 2.05) is 30.3 Å². The third-order valence-corrected chi connectivity index (χ3v) is 3.21. The predicted molar refractivity (Wildman–Crippen MR) is 80.3 cm³/mol. The molecule has 0 saturated heterocycles. The van der Waals surface area contributed by atoms with Gasteiger partial charge >= 0.3 is 0 Å². The van der Waals surface area contributed by atoms with E-state index >= 15 is 0 Å². The van der Waals surface area contributed by atoms with E-state index in [-0.39, 0.29) is 0 Å². The van der Waals surface area contributed by atoms with Crippen LogP contribution in [0.4, 0.5) is 5.69 Å². The van der Waals surface area contributed by atoms with Crippen LogP contribution in [0.25, 0.3) is 0 Å². The molecule has 0 bridgehead atoms. The molecular weight excluding hydrogens is 234 g/mol. The molecule has 2 nitrogen and oxygen atoms in total. The van der Waals surface area contributed by atoms with Crippen LogP contribution in [-0.4, -0.2) is 11.7 Å². The smallest absolute Gasteiger partial charge is 0.0761 e. The first-order chi connectivity index (χ1) is 9.25. The fourth-order valence-corrected chi connectivity index (χ4v) is 2.05. The number of hydrogen-bond donors (Lipinski definition) is 2. The molecule has 2 heteroatoms. The van der Waals surface area contributed by atoms with Crippen molar-refractivity contribution in [1.82, 2.24) is 0 Å². The van der Waals surface area contributed by atoms with Gasteiger partial charge in [-0.25, -0.2) is 0 Å². The molecule has 0 aromatic heterocycles. The standard InChI is InChI=1S/C17H21NO/c1-14(19)16-9-11-17(12-10-16)18-13-5-8-15-6-3-2-4-7-15/h2-4,6-7,9-12,14,18-19H,5,8,13H2,1H3. The Bertz CT molecular complexity index is 476. The summed E-state index contributed by atoms with van der Waals surface area (Å²) in [5.74, 6) is 0. The van der Waals surface area contributed by atoms with Crippen molar-refractivity contribution in [3.8, 4) is 0 Å². The third-order valence-electron chi connectivity index (χ3n) is 3.21. The normalized spacial score (nSPS) is 12.1. The van der Waals surface area contributed by atoms with Gasteiger partial charge in [0.25, 0.3) is 0 Å². The zero-order chi connectivity index (χ0) is 13.5. The highest BCUT2D eigenvalue weighted by Crippen LogP contribution is 2.15. The van der Waals surface area contributed by atoms with E-state index in [4.69, 9.17) is 0 Å². The average molecular weight is 255 g/mol. The second-order valence-electron chi connectivity index (χ2n) is 4.81. The van der Waals surface area contributed by atoms with Gasteiger partial charge in [-0.15, -0.1) is 0 Å². The summed E-state index contributed by atoms with van der Waals surface area (Å²) in [6.45, 7) is 2.74. The second-order valence-corrected chi connectivity index (χ2v) is 4.81. The van der Waals surface area contributed by atoms with Crippen LogP contribution in [0.15, 0.2) is 54.6 Å². The topological polar surface area (TPSA) is 32.3 Å². The Morgan fingerprint density at radius 1 is 1.00 bits per heavy atom. The summed E-state index contributed by atoms with van der Waals surface area (Å²) < 4.78 is 0. The summed E-state index contributed by atoms with van der Waals surface area (Å²) in [6.07, 6.45) is 1.81. The number of nitrogens with one attached hydrogen (secondary N) is 1. The largest absolute Gasteiger partial charge is 0.389 e. The maximum absolute atomic E-state index is 9.43. The van der Waals surface area contributed by atoms with Crippen LogP contribution in [0, 0.1) is 0 Å². The molecule has 19 heavy (non-hydrogen) atoms. The quantitative estimate of drug-likeness (QED) is 0.770. The zero-order valence-corrected chi connectivity index (χ0v) is 11.3. The van der Waals surface area contributed by atoms with Crippen molar-refractivity contribution in [3.63, 3.8) is 0 Å². The van der Waals surface area contributed by atoms with Crippen LogP contribution in [0.1, 0.15) is 30.6 Å². The van der Waals surface area contributed by atoms with Crippen LogP contribution in [0.3, 0.4) is 0 Å². The minimum Gasteiger partial charge on any atom is -0.389 e. The Labute approximate surface area is 115 Å². The molecule has 0 spiro atoms. The van der Waals surface area contributed by atoms with Crippen molar-refractivity contribution in [2.75, 3.05) is 11.9 Å². The van der Waals surface area contributed by atoms with Gasteiger partial charge in [0, 0.05) is 12.2 Å². The Morgan fingerprint density at radius 2 is 1.68 bits per heavy atom. The molecule has 0 heterocycles. The summed E-state index contributed by atoms with van der Waals surface area (Å²) in [7, 11) is 0. The van der Waals surface area contributed by atoms with Gasteiger partial charge in [0.15, 0.2) is 0 Å². The monoisotopic (exact) mass is 255 g/mol. The van der Waals surface area contributed by atoms with Crippen molar-refractivity contribution in [3.05, 3.63) is 65.7 Å². The molecule has 0 aliphatic carbocycles. The minimum absolute atomic E-state index is 0.396. The fraction of sp³-hybridized carbons (Fsp3) is 0.294. The zero-order valence-electron chi connectivity index (χ0n) is 11.3. The van der Waals surface area contributed by atoms with Crippen LogP contribution in [-0.2, 0) is 6.42 Å². The van der Waals surface area contributed by atoms with E-state index in [0.29, 0.717) is 0 Å². The first-order valence-electron chi connectivity index (χ1n) is 6.81. The van der Waals surface area contributed by atoms with Gasteiger partial charge in [0.05, 0.1) is 6.10 Å². The molecule has 0 aliphatic rings. The van der Waals surface area contributed by atoms with Gasteiger partial charge in [0.2, 0.25) is 0 Å². The molecule has 2 aromatic rings. The maximum Gasteiger partial charge on any atom is 0.0761 e. The van der Waals surface area contributed by atoms with Gasteiger partial charge < -0.3 is 10.4 Å². The van der Waals surface area contributed by atoms with Gasteiger partial charge in [-0.2, -0.15) is 0 Å². The highest BCUT2D eigenvalue weighted by atomic mass is 16.3. The summed E-state index contributed by atoms with van der Waals surface area (Å²) in [5, 5.41) is 12.8. The number of aliphatic hydroxyl groups is 1. The molecule has 0 saturated carbocycles. The minimum atomic E-state index is -0.396. The van der Waals surface area contributed by atoms with Crippen molar-refractivity contribution in [2.45, 2.75) is 25.9 Å². The number of aryl methyl sites for hydroxylation is 1. The maximum atomic E-state index is 9.43. The van der Waals surface area contributed by atoms with Gasteiger partial charge in [0.1, 0.15) is 0 Å².